The molecule has 2 N–H and O–H groups in total. The highest BCUT2D eigenvalue weighted by Crippen LogP contribution is 2.50. The van der Waals surface area contributed by atoms with Gasteiger partial charge in [-0.25, -0.2) is 9.78 Å². The smallest absolute Gasteiger partial charge is 0.407 e. The van der Waals surface area contributed by atoms with E-state index < -0.39 is 17.6 Å². The van der Waals surface area contributed by atoms with Crippen LogP contribution in [0, 0.1) is 5.41 Å². The summed E-state index contributed by atoms with van der Waals surface area (Å²) >= 11 is 1.37. The number of ether oxygens (including phenoxy) is 2. The molecule has 1 unspecified atom stereocenters. The first kappa shape index (κ1) is 19.4. The number of benzene rings is 1. The van der Waals surface area contributed by atoms with E-state index in [4.69, 9.17) is 9.47 Å². The highest BCUT2D eigenvalue weighted by molar-refractivity contribution is 7.11. The number of rotatable bonds is 5. The zero-order valence-corrected chi connectivity index (χ0v) is 16.6. The van der Waals surface area contributed by atoms with Gasteiger partial charge >= 0.3 is 6.09 Å². The Morgan fingerprint density at radius 1 is 1.44 bits per heavy atom. The number of carboxylic acid groups (broad SMARTS) is 1. The SMILES string of the molecule is COc1ccc([C@@H]2CN(C(=O)O)C(C)[C@@]2(C)[C@@H](C)O)cc1Oc1nccs1. The first-order valence-electron chi connectivity index (χ1n) is 8.72. The number of methoxy groups -OCH3 is 1. The molecule has 1 aliphatic heterocycles. The van der Waals surface area contributed by atoms with Crippen LogP contribution in [0.3, 0.4) is 0 Å². The van der Waals surface area contributed by atoms with Crippen LogP contribution >= 0.6 is 11.3 Å². The standard InChI is InChI=1S/C19H24N2O5S/c1-11-19(3,12(2)22)14(10-21(11)18(23)24)13-5-6-15(25-4)16(9-13)26-17-20-7-8-27-17/h5-9,11-12,14,22H,10H2,1-4H3,(H,23,24)/t11?,12-,14+,19+/m1/s1. The number of hydrogen-bond donors (Lipinski definition) is 2. The van der Waals surface area contributed by atoms with Gasteiger partial charge in [0, 0.05) is 35.5 Å². The molecule has 27 heavy (non-hydrogen) atoms. The van der Waals surface area contributed by atoms with Crippen LogP contribution in [0.1, 0.15) is 32.3 Å². The van der Waals surface area contributed by atoms with E-state index in [2.05, 4.69) is 4.98 Å². The van der Waals surface area contributed by atoms with Crippen molar-refractivity contribution in [1.82, 2.24) is 9.88 Å². The average molecular weight is 392 g/mol. The van der Waals surface area contributed by atoms with Crippen LogP contribution in [0.4, 0.5) is 4.79 Å². The third-order valence-corrected chi connectivity index (χ3v) is 6.49. The lowest BCUT2D eigenvalue weighted by Crippen LogP contribution is -2.45. The normalized spacial score (nSPS) is 26.0. The second kappa shape index (κ2) is 7.36. The molecule has 0 bridgehead atoms. The molecule has 2 heterocycles. The Kier molecular flexibility index (Phi) is 5.30. The summed E-state index contributed by atoms with van der Waals surface area (Å²) < 4.78 is 11.2. The zero-order valence-electron chi connectivity index (χ0n) is 15.7. The summed E-state index contributed by atoms with van der Waals surface area (Å²) in [6, 6.07) is 5.22. The van der Waals surface area contributed by atoms with Crippen LogP contribution in [-0.4, -0.2) is 52.0 Å². The maximum absolute atomic E-state index is 11.7. The third-order valence-electron chi connectivity index (χ3n) is 5.84. The Hall–Kier alpha value is -2.32. The molecule has 0 radical (unpaired) electrons. The van der Waals surface area contributed by atoms with E-state index in [0.29, 0.717) is 23.2 Å². The van der Waals surface area contributed by atoms with E-state index in [1.165, 1.54) is 16.2 Å². The molecular weight excluding hydrogens is 368 g/mol. The molecule has 146 valence electrons. The van der Waals surface area contributed by atoms with Gasteiger partial charge in [0.15, 0.2) is 11.5 Å². The predicted molar refractivity (Wildman–Crippen MR) is 102 cm³/mol. The number of likely N-dealkylation sites (tertiary alicyclic amines) is 1. The van der Waals surface area contributed by atoms with Crippen LogP contribution in [0.2, 0.25) is 0 Å². The molecule has 1 aliphatic rings. The van der Waals surface area contributed by atoms with Gasteiger partial charge in [-0.15, -0.1) is 0 Å². The molecule has 1 saturated heterocycles. The van der Waals surface area contributed by atoms with Gasteiger partial charge in [0.2, 0.25) is 0 Å². The minimum absolute atomic E-state index is 0.187. The second-order valence-corrected chi connectivity index (χ2v) is 7.87. The maximum Gasteiger partial charge on any atom is 0.407 e. The summed E-state index contributed by atoms with van der Waals surface area (Å²) in [7, 11) is 1.56. The van der Waals surface area contributed by atoms with E-state index in [1.807, 2.05) is 31.4 Å². The molecule has 0 spiro atoms. The van der Waals surface area contributed by atoms with Gasteiger partial charge in [0.05, 0.1) is 13.2 Å². The number of hydrogen-bond acceptors (Lipinski definition) is 6. The molecule has 2 aromatic rings. The Bertz CT molecular complexity index is 810. The fourth-order valence-corrected chi connectivity index (χ4v) is 4.37. The minimum Gasteiger partial charge on any atom is -0.493 e. The van der Waals surface area contributed by atoms with Gasteiger partial charge < -0.3 is 24.6 Å². The number of aliphatic hydroxyl groups excluding tert-OH is 1. The van der Waals surface area contributed by atoms with Gasteiger partial charge in [-0.1, -0.05) is 24.3 Å². The van der Waals surface area contributed by atoms with Gasteiger partial charge in [-0.05, 0) is 31.5 Å². The molecule has 0 aliphatic carbocycles. The van der Waals surface area contributed by atoms with Crippen LogP contribution in [0.15, 0.2) is 29.8 Å². The van der Waals surface area contributed by atoms with Crippen molar-refractivity contribution in [3.05, 3.63) is 35.3 Å². The molecule has 1 aromatic carbocycles. The Morgan fingerprint density at radius 3 is 2.74 bits per heavy atom. The minimum atomic E-state index is -0.982. The molecule has 1 fully saturated rings. The van der Waals surface area contributed by atoms with E-state index in [-0.39, 0.29) is 12.0 Å². The lowest BCUT2D eigenvalue weighted by molar-refractivity contribution is 0.0204. The van der Waals surface area contributed by atoms with Crippen molar-refractivity contribution in [2.75, 3.05) is 13.7 Å². The maximum atomic E-state index is 11.7. The fourth-order valence-electron chi connectivity index (χ4n) is 3.87. The molecule has 8 heteroatoms. The lowest BCUT2D eigenvalue weighted by Gasteiger charge is -2.38. The first-order valence-corrected chi connectivity index (χ1v) is 9.59. The van der Waals surface area contributed by atoms with Gasteiger partial charge in [0.25, 0.3) is 5.19 Å². The average Bonchev–Trinajstić information content (AvgIpc) is 3.23. The molecule has 0 saturated carbocycles. The summed E-state index contributed by atoms with van der Waals surface area (Å²) in [6.07, 6.45) is -0.0125. The van der Waals surface area contributed by atoms with Gasteiger partial charge in [0.1, 0.15) is 0 Å². The van der Waals surface area contributed by atoms with Crippen molar-refractivity contribution in [3.8, 4) is 16.7 Å². The number of amides is 1. The van der Waals surface area contributed by atoms with E-state index >= 15 is 0 Å². The van der Waals surface area contributed by atoms with E-state index in [0.717, 1.165) is 5.56 Å². The summed E-state index contributed by atoms with van der Waals surface area (Å²) in [5.74, 6) is 0.890. The van der Waals surface area contributed by atoms with Crippen molar-refractivity contribution < 1.29 is 24.5 Å². The van der Waals surface area contributed by atoms with Crippen LogP contribution < -0.4 is 9.47 Å². The molecular formula is C19H24N2O5S. The fraction of sp³-hybridized carbons (Fsp3) is 0.474. The molecule has 1 amide bonds. The van der Waals surface area contributed by atoms with Gasteiger partial charge in [-0.2, -0.15) is 0 Å². The summed E-state index contributed by atoms with van der Waals surface area (Å²) in [5.41, 5.74) is 0.257. The highest BCUT2D eigenvalue weighted by Gasteiger charge is 2.53. The lowest BCUT2D eigenvalue weighted by atomic mass is 9.69. The van der Waals surface area contributed by atoms with E-state index in [9.17, 15) is 15.0 Å². The summed E-state index contributed by atoms with van der Waals surface area (Å²) in [4.78, 5) is 17.2. The molecule has 4 atom stereocenters. The summed E-state index contributed by atoms with van der Waals surface area (Å²) in [6.45, 7) is 5.80. The summed E-state index contributed by atoms with van der Waals surface area (Å²) in [5, 5.41) is 22.4. The highest BCUT2D eigenvalue weighted by atomic mass is 32.1. The predicted octanol–water partition coefficient (Wildman–Crippen LogP) is 3.80. The van der Waals surface area contributed by atoms with Crippen LogP contribution in [0.25, 0.3) is 0 Å². The molecule has 1 aromatic heterocycles. The van der Waals surface area contributed by atoms with Crippen molar-refractivity contribution in [2.24, 2.45) is 5.41 Å². The molecule has 3 rings (SSSR count). The van der Waals surface area contributed by atoms with Crippen molar-refractivity contribution in [2.45, 2.75) is 38.8 Å². The van der Waals surface area contributed by atoms with Crippen molar-refractivity contribution in [3.63, 3.8) is 0 Å². The first-order chi connectivity index (χ1) is 12.8. The zero-order chi connectivity index (χ0) is 19.8. The number of nitrogens with zero attached hydrogens (tertiary/aromatic N) is 2. The van der Waals surface area contributed by atoms with Crippen molar-refractivity contribution >= 4 is 17.4 Å². The Morgan fingerprint density at radius 2 is 2.19 bits per heavy atom. The number of thiazole rings is 1. The van der Waals surface area contributed by atoms with Gasteiger partial charge in [-0.3, -0.25) is 0 Å². The third kappa shape index (κ3) is 3.35. The Labute approximate surface area is 162 Å². The van der Waals surface area contributed by atoms with E-state index in [1.54, 1.807) is 26.3 Å². The number of carbonyl (C=O) groups is 1. The number of aromatic nitrogens is 1. The van der Waals surface area contributed by atoms with Crippen LogP contribution in [-0.2, 0) is 0 Å². The van der Waals surface area contributed by atoms with Crippen molar-refractivity contribution in [1.29, 1.82) is 0 Å². The number of aliphatic hydroxyl groups is 1. The molecule has 7 nitrogen and oxygen atoms in total. The quantitative estimate of drug-likeness (QED) is 0.804. The topological polar surface area (TPSA) is 92.1 Å². The second-order valence-electron chi connectivity index (χ2n) is 7.02. The largest absolute Gasteiger partial charge is 0.493 e. The monoisotopic (exact) mass is 392 g/mol. The van der Waals surface area contributed by atoms with Crippen LogP contribution in [0.5, 0.6) is 16.7 Å². The Balaban J connectivity index is 2.02.